The first-order valence-corrected chi connectivity index (χ1v) is 5.91. The SMILES string of the molecule is C=Cc1cccc(N)c1.C=Cc1cccc([N+](=O)[O-])c1. The topological polar surface area (TPSA) is 69.2 Å². The third-order valence-corrected chi connectivity index (χ3v) is 2.46. The highest BCUT2D eigenvalue weighted by molar-refractivity contribution is 5.53. The summed E-state index contributed by atoms with van der Waals surface area (Å²) >= 11 is 0. The molecule has 0 saturated heterocycles. The number of anilines is 1. The van der Waals surface area contributed by atoms with E-state index in [0.717, 1.165) is 16.8 Å². The summed E-state index contributed by atoms with van der Waals surface area (Å²) in [5.41, 5.74) is 8.20. The van der Waals surface area contributed by atoms with Gasteiger partial charge in [0.2, 0.25) is 0 Å². The fourth-order valence-electron chi connectivity index (χ4n) is 1.45. The van der Waals surface area contributed by atoms with Crippen LogP contribution in [0, 0.1) is 10.1 Å². The quantitative estimate of drug-likeness (QED) is 0.516. The van der Waals surface area contributed by atoms with Crippen LogP contribution >= 0.6 is 0 Å². The predicted octanol–water partition coefficient (Wildman–Crippen LogP) is 4.15. The van der Waals surface area contributed by atoms with E-state index in [-0.39, 0.29) is 5.69 Å². The number of nitro groups is 1. The number of nitrogens with zero attached hydrogens (tertiary/aromatic N) is 1. The predicted molar refractivity (Wildman–Crippen MR) is 84.1 cm³/mol. The second-order valence-corrected chi connectivity index (χ2v) is 3.93. The molecule has 0 unspecified atom stereocenters. The number of benzene rings is 2. The lowest BCUT2D eigenvalue weighted by Crippen LogP contribution is -1.86. The molecule has 2 aromatic rings. The van der Waals surface area contributed by atoms with Crippen LogP contribution in [0.15, 0.2) is 61.7 Å². The minimum atomic E-state index is -0.424. The van der Waals surface area contributed by atoms with Crippen molar-refractivity contribution in [2.45, 2.75) is 0 Å². The van der Waals surface area contributed by atoms with Gasteiger partial charge in [0.15, 0.2) is 0 Å². The van der Waals surface area contributed by atoms with E-state index in [2.05, 4.69) is 13.2 Å². The molecule has 0 radical (unpaired) electrons. The van der Waals surface area contributed by atoms with Crippen LogP contribution in [0.25, 0.3) is 12.2 Å². The Morgan fingerprint density at radius 1 is 1.00 bits per heavy atom. The summed E-state index contributed by atoms with van der Waals surface area (Å²) in [6.07, 6.45) is 3.35. The average molecular weight is 268 g/mol. The van der Waals surface area contributed by atoms with E-state index < -0.39 is 4.92 Å². The number of nitro benzene ring substituents is 1. The van der Waals surface area contributed by atoms with Crippen LogP contribution in [0.3, 0.4) is 0 Å². The van der Waals surface area contributed by atoms with Crippen molar-refractivity contribution in [1.82, 2.24) is 0 Å². The van der Waals surface area contributed by atoms with E-state index >= 15 is 0 Å². The Labute approximate surface area is 118 Å². The molecule has 4 nitrogen and oxygen atoms in total. The first kappa shape index (κ1) is 15.2. The first-order chi connectivity index (χ1) is 9.56. The second-order valence-electron chi connectivity index (χ2n) is 3.93. The molecule has 0 atom stereocenters. The summed E-state index contributed by atoms with van der Waals surface area (Å²) in [6.45, 7) is 7.13. The molecular formula is C16H16N2O2. The Bertz CT molecular complexity index is 621. The molecule has 2 aromatic carbocycles. The van der Waals surface area contributed by atoms with Crippen molar-refractivity contribution in [1.29, 1.82) is 0 Å². The number of non-ortho nitro benzene ring substituents is 1. The molecule has 0 aromatic heterocycles. The van der Waals surface area contributed by atoms with Gasteiger partial charge in [-0.15, -0.1) is 0 Å². The van der Waals surface area contributed by atoms with Crippen LogP contribution in [0.2, 0.25) is 0 Å². The molecule has 2 N–H and O–H groups in total. The Morgan fingerprint density at radius 3 is 2.00 bits per heavy atom. The van der Waals surface area contributed by atoms with Crippen LogP contribution in [0.4, 0.5) is 11.4 Å². The smallest absolute Gasteiger partial charge is 0.270 e. The van der Waals surface area contributed by atoms with Crippen molar-refractivity contribution in [2.75, 3.05) is 5.73 Å². The molecule has 0 heterocycles. The largest absolute Gasteiger partial charge is 0.399 e. The lowest BCUT2D eigenvalue weighted by Gasteiger charge is -1.92. The zero-order valence-electron chi connectivity index (χ0n) is 11.0. The monoisotopic (exact) mass is 268 g/mol. The zero-order valence-corrected chi connectivity index (χ0v) is 11.0. The molecule has 0 fully saturated rings. The number of hydrogen-bond donors (Lipinski definition) is 1. The van der Waals surface area contributed by atoms with Gasteiger partial charge in [0.05, 0.1) is 4.92 Å². The third kappa shape index (κ3) is 4.78. The molecule has 2 rings (SSSR count). The van der Waals surface area contributed by atoms with Crippen molar-refractivity contribution < 1.29 is 4.92 Å². The lowest BCUT2D eigenvalue weighted by molar-refractivity contribution is -0.384. The van der Waals surface area contributed by atoms with E-state index in [1.807, 2.05) is 24.3 Å². The van der Waals surface area contributed by atoms with Gasteiger partial charge in [0.25, 0.3) is 5.69 Å². The van der Waals surface area contributed by atoms with Gasteiger partial charge in [0.1, 0.15) is 0 Å². The second kappa shape index (κ2) is 7.53. The van der Waals surface area contributed by atoms with E-state index in [4.69, 9.17) is 5.73 Å². The molecule has 0 spiro atoms. The van der Waals surface area contributed by atoms with E-state index in [1.165, 1.54) is 12.1 Å². The van der Waals surface area contributed by atoms with Gasteiger partial charge in [-0.3, -0.25) is 10.1 Å². The van der Waals surface area contributed by atoms with Crippen molar-refractivity contribution >= 4 is 23.5 Å². The van der Waals surface area contributed by atoms with Gasteiger partial charge >= 0.3 is 0 Å². The average Bonchev–Trinajstić information content (AvgIpc) is 2.48. The van der Waals surface area contributed by atoms with Crippen molar-refractivity contribution in [3.63, 3.8) is 0 Å². The number of rotatable bonds is 3. The molecule has 4 heteroatoms. The zero-order chi connectivity index (χ0) is 15.0. The maximum atomic E-state index is 10.2. The lowest BCUT2D eigenvalue weighted by atomic mass is 10.2. The van der Waals surface area contributed by atoms with Crippen molar-refractivity contribution in [3.05, 3.63) is 82.9 Å². The number of hydrogen-bond acceptors (Lipinski definition) is 3. The van der Waals surface area contributed by atoms with Crippen LogP contribution in [-0.2, 0) is 0 Å². The van der Waals surface area contributed by atoms with Gasteiger partial charge < -0.3 is 5.73 Å². The Hall–Kier alpha value is -2.88. The highest BCUT2D eigenvalue weighted by Gasteiger charge is 2.02. The summed E-state index contributed by atoms with van der Waals surface area (Å²) in [4.78, 5) is 9.82. The van der Waals surface area contributed by atoms with E-state index in [0.29, 0.717) is 0 Å². The van der Waals surface area contributed by atoms with Crippen LogP contribution in [0.1, 0.15) is 11.1 Å². The first-order valence-electron chi connectivity index (χ1n) is 5.91. The number of nitrogen functional groups attached to an aromatic ring is 1. The summed E-state index contributed by atoms with van der Waals surface area (Å²) in [5, 5.41) is 10.2. The van der Waals surface area contributed by atoms with Gasteiger partial charge in [-0.2, -0.15) is 0 Å². The molecule has 102 valence electrons. The Kier molecular flexibility index (Phi) is 5.72. The molecule has 0 amide bonds. The summed E-state index contributed by atoms with van der Waals surface area (Å²) < 4.78 is 0. The Balaban J connectivity index is 0.000000204. The summed E-state index contributed by atoms with van der Waals surface area (Å²) in [6, 6.07) is 13.9. The van der Waals surface area contributed by atoms with Crippen molar-refractivity contribution in [2.24, 2.45) is 0 Å². The Morgan fingerprint density at radius 2 is 1.55 bits per heavy atom. The van der Waals surface area contributed by atoms with Gasteiger partial charge in [0, 0.05) is 17.8 Å². The normalized spacial score (nSPS) is 9.00. The molecule has 0 aliphatic carbocycles. The standard InChI is InChI=1S/C8H7NO2.C8H9N/c1-2-7-4-3-5-8(6-7)9(10)11;1-2-7-4-3-5-8(9)6-7/h2-6H,1H2;2-6H,1,9H2. The van der Waals surface area contributed by atoms with Crippen LogP contribution in [-0.4, -0.2) is 4.92 Å². The fourth-order valence-corrected chi connectivity index (χ4v) is 1.45. The molecular weight excluding hydrogens is 252 g/mol. The number of nitrogens with two attached hydrogens (primary N) is 1. The molecule has 20 heavy (non-hydrogen) atoms. The minimum absolute atomic E-state index is 0.0994. The third-order valence-electron chi connectivity index (χ3n) is 2.46. The fraction of sp³-hybridized carbons (Fsp3) is 0. The van der Waals surface area contributed by atoms with Crippen LogP contribution < -0.4 is 5.73 Å². The highest BCUT2D eigenvalue weighted by Crippen LogP contribution is 2.13. The van der Waals surface area contributed by atoms with Crippen molar-refractivity contribution in [3.8, 4) is 0 Å². The minimum Gasteiger partial charge on any atom is -0.399 e. The van der Waals surface area contributed by atoms with Gasteiger partial charge in [-0.25, -0.2) is 0 Å². The van der Waals surface area contributed by atoms with E-state index in [1.54, 1.807) is 24.3 Å². The van der Waals surface area contributed by atoms with E-state index in [9.17, 15) is 10.1 Å². The molecule has 0 aliphatic heterocycles. The molecule has 0 bridgehead atoms. The maximum absolute atomic E-state index is 10.2. The summed E-state index contributed by atoms with van der Waals surface area (Å²) in [5.74, 6) is 0. The molecule has 0 aliphatic rings. The highest BCUT2D eigenvalue weighted by atomic mass is 16.6. The summed E-state index contributed by atoms with van der Waals surface area (Å²) in [7, 11) is 0. The maximum Gasteiger partial charge on any atom is 0.270 e. The van der Waals surface area contributed by atoms with Gasteiger partial charge in [-0.1, -0.05) is 49.6 Å². The molecule has 0 saturated carbocycles. The van der Waals surface area contributed by atoms with Crippen LogP contribution in [0.5, 0.6) is 0 Å². The van der Waals surface area contributed by atoms with Gasteiger partial charge in [-0.05, 0) is 23.3 Å².